The van der Waals surface area contributed by atoms with Crippen LogP contribution in [0.2, 0.25) is 0 Å². The molecule has 1 fully saturated rings. The summed E-state index contributed by atoms with van der Waals surface area (Å²) in [7, 11) is 3.51. The second kappa shape index (κ2) is 8.45. The summed E-state index contributed by atoms with van der Waals surface area (Å²) >= 11 is 4.81. The maximum atomic E-state index is 12.0. The van der Waals surface area contributed by atoms with E-state index in [2.05, 4.69) is 4.90 Å². The zero-order chi connectivity index (χ0) is 14.3. The number of hydrogen-bond acceptors (Lipinski definition) is 4. The Morgan fingerprint density at radius 3 is 2.53 bits per heavy atom. The first kappa shape index (κ1) is 16.3. The molecule has 0 heterocycles. The molecule has 110 valence electrons. The first-order valence-corrected chi connectivity index (χ1v) is 7.20. The lowest BCUT2D eigenvalue weighted by Gasteiger charge is -2.23. The lowest BCUT2D eigenvalue weighted by Crippen LogP contribution is -2.36. The summed E-state index contributed by atoms with van der Waals surface area (Å²) in [4.78, 5) is 16.5. The van der Waals surface area contributed by atoms with E-state index in [0.29, 0.717) is 30.4 Å². The van der Waals surface area contributed by atoms with Gasteiger partial charge in [0.25, 0.3) is 0 Å². The number of ether oxygens (including phenoxy) is 1. The third-order valence-electron chi connectivity index (χ3n) is 3.38. The van der Waals surface area contributed by atoms with Gasteiger partial charge < -0.3 is 15.4 Å². The minimum atomic E-state index is 0.152. The minimum absolute atomic E-state index is 0.152. The molecule has 0 saturated heterocycles. The Bertz CT molecular complexity index is 308. The molecule has 1 rings (SSSR count). The molecule has 0 unspecified atom stereocenters. The van der Waals surface area contributed by atoms with Crippen LogP contribution in [0.3, 0.4) is 0 Å². The van der Waals surface area contributed by atoms with E-state index >= 15 is 0 Å². The second-order valence-corrected chi connectivity index (χ2v) is 5.57. The summed E-state index contributed by atoms with van der Waals surface area (Å²) < 4.78 is 5.10. The summed E-state index contributed by atoms with van der Waals surface area (Å²) in [6.07, 6.45) is 3.63. The second-order valence-electron chi connectivity index (χ2n) is 5.04. The highest BCUT2D eigenvalue weighted by Crippen LogP contribution is 2.26. The van der Waals surface area contributed by atoms with E-state index in [0.717, 1.165) is 19.7 Å². The van der Waals surface area contributed by atoms with E-state index in [-0.39, 0.29) is 5.91 Å². The molecule has 0 radical (unpaired) electrons. The Kier molecular flexibility index (Phi) is 7.27. The van der Waals surface area contributed by atoms with Crippen molar-refractivity contribution >= 4 is 23.1 Å². The smallest absolute Gasteiger partial charge is 0.223 e. The number of hydrogen-bond donors (Lipinski definition) is 1. The van der Waals surface area contributed by atoms with E-state index < -0.39 is 0 Å². The van der Waals surface area contributed by atoms with Crippen LogP contribution in [0.25, 0.3) is 0 Å². The van der Waals surface area contributed by atoms with Crippen molar-refractivity contribution in [3.8, 4) is 0 Å². The van der Waals surface area contributed by atoms with Gasteiger partial charge in [-0.1, -0.05) is 12.2 Å². The average Bonchev–Trinajstić information content (AvgIpc) is 3.20. The van der Waals surface area contributed by atoms with Crippen LogP contribution in [0, 0.1) is 0 Å². The van der Waals surface area contributed by atoms with Gasteiger partial charge in [0.05, 0.1) is 11.6 Å². The van der Waals surface area contributed by atoms with E-state index in [4.69, 9.17) is 22.7 Å². The topological polar surface area (TPSA) is 58.8 Å². The van der Waals surface area contributed by atoms with Crippen LogP contribution >= 0.6 is 12.2 Å². The van der Waals surface area contributed by atoms with Gasteiger partial charge in [-0.3, -0.25) is 9.69 Å². The Labute approximate surface area is 121 Å². The van der Waals surface area contributed by atoms with Crippen molar-refractivity contribution in [2.75, 3.05) is 40.4 Å². The number of nitrogens with two attached hydrogens (primary N) is 1. The third-order valence-corrected chi connectivity index (χ3v) is 3.58. The van der Waals surface area contributed by atoms with Crippen LogP contribution in [-0.2, 0) is 9.53 Å². The fraction of sp³-hybridized carbons (Fsp3) is 0.846. The number of carbonyl (C=O) groups is 1. The third kappa shape index (κ3) is 6.84. The molecule has 19 heavy (non-hydrogen) atoms. The van der Waals surface area contributed by atoms with Gasteiger partial charge in [0.15, 0.2) is 0 Å². The van der Waals surface area contributed by atoms with Gasteiger partial charge in [0, 0.05) is 52.7 Å². The molecule has 0 aromatic rings. The maximum absolute atomic E-state index is 12.0. The first-order chi connectivity index (χ1) is 9.04. The van der Waals surface area contributed by atoms with Crippen molar-refractivity contribution in [3.05, 3.63) is 0 Å². The Morgan fingerprint density at radius 1 is 1.32 bits per heavy atom. The quantitative estimate of drug-likeness (QED) is 0.597. The Balaban J connectivity index is 2.24. The summed E-state index contributed by atoms with van der Waals surface area (Å²) in [6.45, 7) is 3.05. The van der Waals surface area contributed by atoms with E-state index in [9.17, 15) is 4.79 Å². The lowest BCUT2D eigenvalue weighted by molar-refractivity contribution is -0.130. The number of thiocarbonyl (C=S) groups is 1. The molecular formula is C13H25N3O2S. The highest BCUT2D eigenvalue weighted by molar-refractivity contribution is 7.80. The van der Waals surface area contributed by atoms with E-state index in [1.807, 2.05) is 0 Å². The molecule has 0 atom stereocenters. The summed E-state index contributed by atoms with van der Waals surface area (Å²) in [5, 5.41) is 0. The van der Waals surface area contributed by atoms with E-state index in [1.165, 1.54) is 12.8 Å². The van der Waals surface area contributed by atoms with Gasteiger partial charge >= 0.3 is 0 Å². The molecule has 0 bridgehead atoms. The Hall–Kier alpha value is -0.720. The average molecular weight is 287 g/mol. The fourth-order valence-electron chi connectivity index (χ4n) is 1.96. The monoisotopic (exact) mass is 287 g/mol. The molecule has 1 aliphatic carbocycles. The van der Waals surface area contributed by atoms with E-state index in [1.54, 1.807) is 19.1 Å². The fourth-order valence-corrected chi connectivity index (χ4v) is 2.05. The molecule has 0 aromatic carbocycles. The van der Waals surface area contributed by atoms with Crippen molar-refractivity contribution in [1.82, 2.24) is 9.80 Å². The van der Waals surface area contributed by atoms with Crippen molar-refractivity contribution < 1.29 is 9.53 Å². The van der Waals surface area contributed by atoms with Crippen molar-refractivity contribution in [3.63, 3.8) is 0 Å². The molecular weight excluding hydrogens is 262 g/mol. The van der Waals surface area contributed by atoms with Crippen molar-refractivity contribution in [2.24, 2.45) is 5.73 Å². The van der Waals surface area contributed by atoms with Gasteiger partial charge in [0.1, 0.15) is 0 Å². The molecule has 1 saturated carbocycles. The van der Waals surface area contributed by atoms with Gasteiger partial charge in [-0.15, -0.1) is 0 Å². The zero-order valence-corrected chi connectivity index (χ0v) is 12.7. The number of nitrogens with zero attached hydrogens (tertiary/aromatic N) is 2. The molecule has 0 spiro atoms. The molecule has 6 heteroatoms. The van der Waals surface area contributed by atoms with Crippen LogP contribution in [-0.4, -0.2) is 67.1 Å². The van der Waals surface area contributed by atoms with Gasteiger partial charge in [0.2, 0.25) is 5.91 Å². The number of rotatable bonds is 10. The number of methoxy groups -OCH3 is 1. The predicted octanol–water partition coefficient (Wildman–Crippen LogP) is 0.622. The molecule has 1 amide bonds. The highest BCUT2D eigenvalue weighted by Gasteiger charge is 2.28. The lowest BCUT2D eigenvalue weighted by atomic mass is 10.3. The highest BCUT2D eigenvalue weighted by atomic mass is 32.1. The minimum Gasteiger partial charge on any atom is -0.393 e. The van der Waals surface area contributed by atoms with Crippen molar-refractivity contribution in [1.29, 1.82) is 0 Å². The summed E-state index contributed by atoms with van der Waals surface area (Å²) in [5.74, 6) is 0.152. The van der Waals surface area contributed by atoms with Gasteiger partial charge in [-0.25, -0.2) is 0 Å². The van der Waals surface area contributed by atoms with Crippen LogP contribution < -0.4 is 5.73 Å². The van der Waals surface area contributed by atoms with Crippen LogP contribution in [0.5, 0.6) is 0 Å². The van der Waals surface area contributed by atoms with Crippen LogP contribution in [0.1, 0.15) is 25.7 Å². The molecule has 1 aliphatic rings. The van der Waals surface area contributed by atoms with Gasteiger partial charge in [-0.2, -0.15) is 0 Å². The van der Waals surface area contributed by atoms with Gasteiger partial charge in [-0.05, 0) is 12.8 Å². The van der Waals surface area contributed by atoms with Crippen molar-refractivity contribution in [2.45, 2.75) is 31.7 Å². The molecule has 0 aromatic heterocycles. The largest absolute Gasteiger partial charge is 0.393 e. The predicted molar refractivity (Wildman–Crippen MR) is 80.1 cm³/mol. The van der Waals surface area contributed by atoms with Crippen LogP contribution in [0.15, 0.2) is 0 Å². The SMILES string of the molecule is COCCN(CCC(=O)N(C)CCC(N)=S)C1CC1. The Morgan fingerprint density at radius 2 is 2.00 bits per heavy atom. The summed E-state index contributed by atoms with van der Waals surface area (Å²) in [5.41, 5.74) is 5.44. The molecule has 5 nitrogen and oxygen atoms in total. The van der Waals surface area contributed by atoms with Crippen LogP contribution in [0.4, 0.5) is 0 Å². The maximum Gasteiger partial charge on any atom is 0.223 e. The molecule has 2 N–H and O–H groups in total. The molecule has 0 aliphatic heterocycles. The standard InChI is InChI=1S/C13H25N3O2S/c1-15(7-5-12(14)19)13(17)6-8-16(9-10-18-2)11-3-4-11/h11H,3-10H2,1-2H3,(H2,14,19). The summed E-state index contributed by atoms with van der Waals surface area (Å²) in [6, 6.07) is 0.657. The number of carbonyl (C=O) groups excluding carboxylic acids is 1. The number of amides is 1. The zero-order valence-electron chi connectivity index (χ0n) is 11.9. The normalized spacial score (nSPS) is 14.7. The first-order valence-electron chi connectivity index (χ1n) is 6.80.